The van der Waals surface area contributed by atoms with E-state index in [1.165, 1.54) is 10.3 Å². The zero-order chi connectivity index (χ0) is 51.2. The van der Waals surface area contributed by atoms with Gasteiger partial charge in [-0.25, -0.2) is 29.7 Å². The second-order valence-corrected chi connectivity index (χ2v) is 15.2. The number of hydrogen-bond donors (Lipinski definition) is 0. The molecule has 0 atom stereocenters. The average molecular weight is 1070 g/mol. The number of anilines is 10. The third-order valence-corrected chi connectivity index (χ3v) is 10.5. The fourth-order valence-electron chi connectivity index (χ4n) is 7.02. The van der Waals surface area contributed by atoms with Gasteiger partial charge in [0.15, 0.2) is 0 Å². The van der Waals surface area contributed by atoms with Gasteiger partial charge in [0.25, 0.3) is 0 Å². The summed E-state index contributed by atoms with van der Waals surface area (Å²) in [6.07, 6.45) is 6.95. The molecule has 1 aliphatic heterocycles. The Kier molecular flexibility index (Phi) is 27.4. The Hall–Kier alpha value is -6.62. The van der Waals surface area contributed by atoms with Crippen LogP contribution in [0.25, 0.3) is 10.8 Å². The summed E-state index contributed by atoms with van der Waals surface area (Å²) in [7, 11) is 0. The molecule has 6 aromatic heterocycles. The molecule has 0 saturated carbocycles. The van der Waals surface area contributed by atoms with Crippen molar-refractivity contribution in [2.75, 3.05) is 135 Å². The quantitative estimate of drug-likeness (QED) is 0.0609. The van der Waals surface area contributed by atoms with E-state index >= 15 is 0 Å². The van der Waals surface area contributed by atoms with E-state index in [2.05, 4.69) is 91.7 Å². The molecule has 1 aliphatic rings. The second-order valence-electron chi connectivity index (χ2n) is 14.8. The first-order valence-electron chi connectivity index (χ1n) is 23.5. The first-order chi connectivity index (χ1) is 35.4. The zero-order valence-electron chi connectivity index (χ0n) is 41.4. The molecule has 6 aromatic rings. The van der Waals surface area contributed by atoms with Crippen molar-refractivity contribution in [2.24, 2.45) is 0 Å². The predicted molar refractivity (Wildman–Crippen MR) is 287 cm³/mol. The fourth-order valence-corrected chi connectivity index (χ4v) is 7.02. The Bertz CT molecular complexity index is 2250. The van der Waals surface area contributed by atoms with Gasteiger partial charge in [0, 0.05) is 77.1 Å². The third kappa shape index (κ3) is 18.4. The zero-order valence-corrected chi connectivity index (χ0v) is 44.1. The molecule has 7 heterocycles. The minimum atomic E-state index is 0. The van der Waals surface area contributed by atoms with Crippen LogP contribution in [-0.4, -0.2) is 165 Å². The van der Waals surface area contributed by atoms with Gasteiger partial charge in [0.2, 0.25) is 35.7 Å². The minimum absolute atomic E-state index is 0. The Morgan fingerprint density at radius 2 is 0.699 bits per heavy atom. The van der Waals surface area contributed by atoms with E-state index in [4.69, 9.17) is 59.7 Å². The van der Waals surface area contributed by atoms with Crippen LogP contribution in [0.3, 0.4) is 0 Å². The van der Waals surface area contributed by atoms with Crippen molar-refractivity contribution >= 4 is 93.7 Å². The average Bonchev–Trinajstić information content (AvgIpc) is 3.41. The molecule has 0 spiro atoms. The van der Waals surface area contributed by atoms with Crippen LogP contribution in [-0.2, 0) is 36.0 Å². The van der Waals surface area contributed by atoms with E-state index in [0.717, 1.165) is 0 Å². The van der Waals surface area contributed by atoms with Crippen molar-refractivity contribution < 1.29 is 36.0 Å². The van der Waals surface area contributed by atoms with Gasteiger partial charge in [-0.2, -0.15) is 40.2 Å². The van der Waals surface area contributed by atoms with Crippen LogP contribution in [0.4, 0.5) is 59.0 Å². The van der Waals surface area contributed by atoms with Gasteiger partial charge in [0.1, 0.15) is 23.3 Å². The Morgan fingerprint density at radius 3 is 0.932 bits per heavy atom. The van der Waals surface area contributed by atoms with Gasteiger partial charge in [-0.3, -0.25) is 0 Å². The topological polar surface area (TPSA) is 230 Å². The molecule has 22 nitrogen and oxygen atoms in total. The number of nitrogens with zero attached hydrogens (tertiary/aromatic N) is 18. The number of isothiocyanates is 2. The molecular formula is C48H60FeN18O4S2. The van der Waals surface area contributed by atoms with Gasteiger partial charge < -0.3 is 49.4 Å². The van der Waals surface area contributed by atoms with Gasteiger partial charge in [-0.15, -0.1) is 0 Å². The molecule has 1 fully saturated rings. The summed E-state index contributed by atoms with van der Waals surface area (Å²) in [5.41, 5.74) is 0. The molecule has 25 heteroatoms. The van der Waals surface area contributed by atoms with E-state index < -0.39 is 0 Å². The first-order valence-corrected chi connectivity index (χ1v) is 24.3. The molecule has 0 N–H and O–H groups in total. The maximum absolute atomic E-state index is 7.13. The summed E-state index contributed by atoms with van der Waals surface area (Å²) >= 11 is 7.40. The summed E-state index contributed by atoms with van der Waals surface area (Å²) in [5, 5.41) is 16.9. The summed E-state index contributed by atoms with van der Waals surface area (Å²) in [5.74, 6) is 5.37. The van der Waals surface area contributed by atoms with Crippen LogP contribution in [0.2, 0.25) is 0 Å². The SMILES string of the molecule is CCN(CC)c1nc(N2CCOCCOCCN(c3nc(N(CC)CC)nc(N(c4ccccn4)c4ccccn4)n3)CCOCCOCC2)nc(N(c2ccccn2)c2ccccn2)n1.[Fe+2].[N-]=C=S.[N-]=C=S. The molecule has 0 aromatic carbocycles. The van der Waals surface area contributed by atoms with Crippen LogP contribution in [0.5, 0.6) is 0 Å². The van der Waals surface area contributed by atoms with E-state index in [1.54, 1.807) is 24.8 Å². The van der Waals surface area contributed by atoms with Crippen molar-refractivity contribution in [1.29, 1.82) is 0 Å². The van der Waals surface area contributed by atoms with Gasteiger partial charge in [-0.1, -0.05) is 48.7 Å². The molecule has 0 bridgehead atoms. The van der Waals surface area contributed by atoms with Gasteiger partial charge in [0.05, 0.1) is 52.9 Å². The number of hydrogen-bond acceptors (Lipinski definition) is 22. The Labute approximate surface area is 448 Å². The molecule has 386 valence electrons. The first kappa shape index (κ1) is 58.9. The van der Waals surface area contributed by atoms with E-state index in [1.807, 2.05) is 82.6 Å². The van der Waals surface area contributed by atoms with Crippen molar-refractivity contribution in [3.63, 3.8) is 0 Å². The fraction of sp³-hybridized carbons (Fsp3) is 0.417. The summed E-state index contributed by atoms with van der Waals surface area (Å²) in [4.78, 5) is 60.6. The van der Waals surface area contributed by atoms with Crippen molar-refractivity contribution in [2.45, 2.75) is 27.7 Å². The monoisotopic (exact) mass is 1070 g/mol. The van der Waals surface area contributed by atoms with Crippen molar-refractivity contribution in [3.8, 4) is 0 Å². The Balaban J connectivity index is 0.00000157. The molecule has 0 unspecified atom stereocenters. The largest absolute Gasteiger partial charge is 2.00 e. The number of aromatic nitrogens is 10. The van der Waals surface area contributed by atoms with E-state index in [9.17, 15) is 0 Å². The van der Waals surface area contributed by atoms with Crippen molar-refractivity contribution in [3.05, 3.63) is 108 Å². The normalized spacial score (nSPS) is 13.6. The predicted octanol–water partition coefficient (Wildman–Crippen LogP) is 6.98. The molecule has 0 radical (unpaired) electrons. The van der Waals surface area contributed by atoms with Gasteiger partial charge in [-0.05, 0) is 76.2 Å². The summed E-state index contributed by atoms with van der Waals surface area (Å²) in [6.45, 7) is 16.3. The molecule has 0 aliphatic carbocycles. The van der Waals surface area contributed by atoms with Crippen LogP contribution in [0.1, 0.15) is 27.7 Å². The van der Waals surface area contributed by atoms with Crippen molar-refractivity contribution in [1.82, 2.24) is 49.8 Å². The number of rotatable bonds is 14. The van der Waals surface area contributed by atoms with Crippen LogP contribution in [0, 0.1) is 0 Å². The van der Waals surface area contributed by atoms with E-state index in [0.29, 0.717) is 164 Å². The maximum atomic E-state index is 7.13. The van der Waals surface area contributed by atoms with E-state index in [-0.39, 0.29) is 17.1 Å². The number of ether oxygens (including phenoxy) is 4. The van der Waals surface area contributed by atoms with Gasteiger partial charge >= 0.3 is 17.1 Å². The standard InChI is InChI=1S/C46H60N16O4.2CNS.Fe/c1-5-57(6-2)41-51-43(55-45(53-41)61(37-17-9-13-21-47-37)38-18-10-14-22-48-38)59-25-29-63-33-35-65-31-27-60(28-32-66-36-34-64-30-26-59)44-52-42(58(7-3)8-4)54-46(56-44)62(39-19-11-15-23-49-39)40-20-12-16-24-50-40;2*2-1-3;/h9-24H,5-8,25-36H2,1-4H3;;;/q;2*-1;+2. The molecule has 1 saturated heterocycles. The number of thiocarbonyl (C=S) groups is 2. The Morgan fingerprint density at radius 1 is 0.438 bits per heavy atom. The second kappa shape index (κ2) is 33.9. The molecule has 0 amide bonds. The smallest absolute Gasteiger partial charge is 0.753 e. The maximum Gasteiger partial charge on any atom is 2.00 e. The molecule has 73 heavy (non-hydrogen) atoms. The minimum Gasteiger partial charge on any atom is -0.753 e. The summed E-state index contributed by atoms with van der Waals surface area (Å²) < 4.78 is 24.7. The molecule has 7 rings (SSSR count). The van der Waals surface area contributed by atoms with Crippen LogP contribution in [0.15, 0.2) is 97.6 Å². The number of pyridine rings is 4. The summed E-state index contributed by atoms with van der Waals surface area (Å²) in [6, 6.07) is 22.8. The molecular weight excluding hydrogens is 1010 g/mol. The third-order valence-electron chi connectivity index (χ3n) is 10.5. The van der Waals surface area contributed by atoms with Crippen LogP contribution < -0.4 is 29.4 Å². The van der Waals surface area contributed by atoms with Crippen LogP contribution >= 0.6 is 24.4 Å².